The standard InChI is InChI=1S/C9H14N8O3/c1-8(2)19-5-6(20-8)18-4(3-12-15-11)9(5,10)7-13-16-17-14-7/h4-6H,3,10H2,1-2H3,(H,13,14,16,17)/t4-,5+,6-,9-/m1/s1. The zero-order valence-electron chi connectivity index (χ0n) is 10.9. The molecule has 2 aliphatic heterocycles. The van der Waals surface area contributed by atoms with Crippen molar-refractivity contribution in [1.82, 2.24) is 20.6 Å². The van der Waals surface area contributed by atoms with Crippen molar-refractivity contribution in [3.05, 3.63) is 16.3 Å². The number of hydrogen-bond donors (Lipinski definition) is 2. The predicted octanol–water partition coefficient (Wildman–Crippen LogP) is -0.460. The highest BCUT2D eigenvalue weighted by atomic mass is 16.8. The Kier molecular flexibility index (Phi) is 2.88. The Balaban J connectivity index is 1.98. The molecule has 11 heteroatoms. The molecule has 20 heavy (non-hydrogen) atoms. The second kappa shape index (κ2) is 4.36. The van der Waals surface area contributed by atoms with Gasteiger partial charge in [-0.1, -0.05) is 10.3 Å². The highest BCUT2D eigenvalue weighted by Gasteiger charge is 2.64. The van der Waals surface area contributed by atoms with E-state index in [9.17, 15) is 0 Å². The van der Waals surface area contributed by atoms with Gasteiger partial charge in [-0.25, -0.2) is 0 Å². The Bertz CT molecular complexity index is 541. The van der Waals surface area contributed by atoms with Crippen molar-refractivity contribution >= 4 is 0 Å². The van der Waals surface area contributed by atoms with Crippen LogP contribution in [0.1, 0.15) is 19.7 Å². The number of nitrogens with zero attached hydrogens (tertiary/aromatic N) is 6. The molecule has 0 aliphatic carbocycles. The largest absolute Gasteiger partial charge is 0.344 e. The summed E-state index contributed by atoms with van der Waals surface area (Å²) in [4.78, 5) is 2.71. The molecule has 2 fully saturated rings. The minimum Gasteiger partial charge on any atom is -0.344 e. The van der Waals surface area contributed by atoms with E-state index in [2.05, 4.69) is 30.7 Å². The molecule has 0 saturated carbocycles. The third kappa shape index (κ3) is 1.84. The van der Waals surface area contributed by atoms with Gasteiger partial charge in [0.05, 0.1) is 12.6 Å². The Labute approximate surface area is 113 Å². The van der Waals surface area contributed by atoms with E-state index in [0.717, 1.165) is 0 Å². The summed E-state index contributed by atoms with van der Waals surface area (Å²) in [5, 5.41) is 17.2. The number of rotatable bonds is 3. The number of ether oxygens (including phenoxy) is 3. The molecular weight excluding hydrogens is 268 g/mol. The van der Waals surface area contributed by atoms with Gasteiger partial charge in [-0.2, -0.15) is 5.21 Å². The molecule has 3 N–H and O–H groups in total. The van der Waals surface area contributed by atoms with E-state index in [1.807, 2.05) is 0 Å². The van der Waals surface area contributed by atoms with Gasteiger partial charge in [0.2, 0.25) is 0 Å². The maximum absolute atomic E-state index is 8.46. The predicted molar refractivity (Wildman–Crippen MR) is 62.8 cm³/mol. The van der Waals surface area contributed by atoms with Crippen LogP contribution in [0.3, 0.4) is 0 Å². The molecule has 0 aromatic carbocycles. The van der Waals surface area contributed by atoms with E-state index in [4.69, 9.17) is 25.5 Å². The first-order chi connectivity index (χ1) is 9.47. The molecule has 0 spiro atoms. The monoisotopic (exact) mass is 282 g/mol. The topological polar surface area (TPSA) is 157 Å². The highest BCUT2D eigenvalue weighted by molar-refractivity contribution is 5.17. The number of aromatic nitrogens is 4. The van der Waals surface area contributed by atoms with Crippen LogP contribution in [0.5, 0.6) is 0 Å². The molecule has 1 aromatic rings. The van der Waals surface area contributed by atoms with Crippen LogP contribution in [0.25, 0.3) is 10.4 Å². The van der Waals surface area contributed by atoms with Crippen molar-refractivity contribution < 1.29 is 14.2 Å². The van der Waals surface area contributed by atoms with Gasteiger partial charge in [0.1, 0.15) is 11.6 Å². The molecule has 108 valence electrons. The Morgan fingerprint density at radius 1 is 1.50 bits per heavy atom. The van der Waals surface area contributed by atoms with Crippen LogP contribution in [0.15, 0.2) is 5.11 Å². The number of tetrazole rings is 1. The van der Waals surface area contributed by atoms with Crippen molar-refractivity contribution in [3.63, 3.8) is 0 Å². The van der Waals surface area contributed by atoms with Gasteiger partial charge in [-0.15, -0.1) is 10.2 Å². The summed E-state index contributed by atoms with van der Waals surface area (Å²) in [7, 11) is 0. The third-order valence-corrected chi connectivity index (χ3v) is 3.40. The van der Waals surface area contributed by atoms with Crippen LogP contribution >= 0.6 is 0 Å². The van der Waals surface area contributed by atoms with E-state index in [0.29, 0.717) is 0 Å². The van der Waals surface area contributed by atoms with Crippen molar-refractivity contribution in [3.8, 4) is 0 Å². The molecule has 2 saturated heterocycles. The van der Waals surface area contributed by atoms with Crippen molar-refractivity contribution in [1.29, 1.82) is 0 Å². The van der Waals surface area contributed by atoms with Gasteiger partial charge in [-0.3, -0.25) is 0 Å². The van der Waals surface area contributed by atoms with E-state index >= 15 is 0 Å². The maximum atomic E-state index is 8.46. The number of H-pyrrole nitrogens is 1. The van der Waals surface area contributed by atoms with Crippen molar-refractivity contribution in [2.24, 2.45) is 10.8 Å². The number of hydrogen-bond acceptors (Lipinski definition) is 8. The van der Waals surface area contributed by atoms with Crippen LogP contribution in [-0.2, 0) is 19.7 Å². The fourth-order valence-electron chi connectivity index (χ4n) is 2.53. The van der Waals surface area contributed by atoms with E-state index in [1.165, 1.54) is 0 Å². The number of fused-ring (bicyclic) bond motifs is 1. The highest BCUT2D eigenvalue weighted by Crippen LogP contribution is 2.45. The number of azide groups is 1. The van der Waals surface area contributed by atoms with Gasteiger partial charge < -0.3 is 19.9 Å². The lowest BCUT2D eigenvalue weighted by Crippen LogP contribution is -2.55. The molecule has 2 aliphatic rings. The van der Waals surface area contributed by atoms with Gasteiger partial charge >= 0.3 is 0 Å². The van der Waals surface area contributed by atoms with E-state index < -0.39 is 29.8 Å². The Hall–Kier alpha value is -1.78. The number of nitrogens with two attached hydrogens (primary N) is 1. The zero-order valence-corrected chi connectivity index (χ0v) is 10.9. The minimum atomic E-state index is -1.21. The average molecular weight is 282 g/mol. The molecule has 0 radical (unpaired) electrons. The van der Waals surface area contributed by atoms with Crippen LogP contribution in [0.2, 0.25) is 0 Å². The van der Waals surface area contributed by atoms with Crippen molar-refractivity contribution in [2.75, 3.05) is 6.54 Å². The molecular formula is C9H14N8O3. The molecule has 0 amide bonds. The minimum absolute atomic E-state index is 0.0156. The van der Waals surface area contributed by atoms with Gasteiger partial charge in [-0.05, 0) is 19.4 Å². The first-order valence-corrected chi connectivity index (χ1v) is 6.02. The van der Waals surface area contributed by atoms with Gasteiger partial charge in [0, 0.05) is 4.91 Å². The lowest BCUT2D eigenvalue weighted by atomic mass is 9.88. The smallest absolute Gasteiger partial charge is 0.199 e. The lowest BCUT2D eigenvalue weighted by molar-refractivity contribution is -0.211. The zero-order chi connectivity index (χ0) is 14.4. The SMILES string of the molecule is CC1(C)O[C@H]2O[C@H](CN=[N+]=[N-])[C@](N)(c3nn[nH]n3)[C@H]2O1. The fourth-order valence-corrected chi connectivity index (χ4v) is 2.53. The summed E-state index contributed by atoms with van der Waals surface area (Å²) in [6.45, 7) is 3.53. The third-order valence-electron chi connectivity index (χ3n) is 3.40. The summed E-state index contributed by atoms with van der Waals surface area (Å²) in [6.07, 6.45) is -1.96. The van der Waals surface area contributed by atoms with Crippen LogP contribution in [0.4, 0.5) is 0 Å². The molecule has 3 rings (SSSR count). The molecule has 1 aromatic heterocycles. The van der Waals surface area contributed by atoms with Crippen LogP contribution < -0.4 is 5.73 Å². The summed E-state index contributed by atoms with van der Waals surface area (Å²) < 4.78 is 17.1. The van der Waals surface area contributed by atoms with Crippen molar-refractivity contribution in [2.45, 2.75) is 43.7 Å². The molecule has 0 bridgehead atoms. The van der Waals surface area contributed by atoms with Gasteiger partial charge in [0.15, 0.2) is 17.9 Å². The first-order valence-electron chi connectivity index (χ1n) is 6.02. The molecule has 3 heterocycles. The van der Waals surface area contributed by atoms with Gasteiger partial charge in [0.25, 0.3) is 0 Å². The summed E-state index contributed by atoms with van der Waals surface area (Å²) in [5.74, 6) is -0.600. The fraction of sp³-hybridized carbons (Fsp3) is 0.889. The Morgan fingerprint density at radius 2 is 2.30 bits per heavy atom. The normalized spacial score (nSPS) is 38.5. The van der Waals surface area contributed by atoms with E-state index in [-0.39, 0.29) is 12.4 Å². The summed E-state index contributed by atoms with van der Waals surface area (Å²) in [6, 6.07) is 0. The lowest BCUT2D eigenvalue weighted by Gasteiger charge is -2.31. The van der Waals surface area contributed by atoms with Crippen LogP contribution in [0, 0.1) is 0 Å². The number of aromatic amines is 1. The van der Waals surface area contributed by atoms with Crippen LogP contribution in [-0.4, -0.2) is 51.5 Å². The summed E-state index contributed by atoms with van der Waals surface area (Å²) >= 11 is 0. The quantitative estimate of drug-likeness (QED) is 0.431. The average Bonchev–Trinajstić information content (AvgIpc) is 3.05. The Morgan fingerprint density at radius 3 is 2.95 bits per heavy atom. The molecule has 11 nitrogen and oxygen atoms in total. The number of nitrogens with one attached hydrogen (secondary N) is 1. The van der Waals surface area contributed by atoms with E-state index in [1.54, 1.807) is 13.8 Å². The second-order valence-corrected chi connectivity index (χ2v) is 5.13. The summed E-state index contributed by atoms with van der Waals surface area (Å²) in [5.41, 5.74) is 13.7. The molecule has 4 atom stereocenters. The maximum Gasteiger partial charge on any atom is 0.199 e. The molecule has 0 unspecified atom stereocenters. The second-order valence-electron chi connectivity index (χ2n) is 5.13. The first kappa shape index (κ1) is 13.2.